The first-order chi connectivity index (χ1) is 11.8. The Morgan fingerprint density at radius 1 is 0.400 bits per heavy atom. The molecule has 0 saturated heterocycles. The molecule has 0 aliphatic carbocycles. The molecule has 25 heavy (non-hydrogen) atoms. The summed E-state index contributed by atoms with van der Waals surface area (Å²) in [5.41, 5.74) is 0. The highest BCUT2D eigenvalue weighted by molar-refractivity contribution is 7.33. The van der Waals surface area contributed by atoms with E-state index in [1.807, 2.05) is 0 Å². The summed E-state index contributed by atoms with van der Waals surface area (Å²) in [7, 11) is -3.37. The number of nitrogens with one attached hydrogen (secondary N) is 3. The van der Waals surface area contributed by atoms with Crippen LogP contribution in [0.3, 0.4) is 0 Å². The summed E-state index contributed by atoms with van der Waals surface area (Å²) in [4.78, 5) is 30.5. The third-order valence-corrected chi connectivity index (χ3v) is 4.50. The first-order valence-electron chi connectivity index (χ1n) is 10.1. The van der Waals surface area contributed by atoms with Gasteiger partial charge in [0.2, 0.25) is 0 Å². The molecule has 0 radical (unpaired) electrons. The minimum absolute atomic E-state index is 1.27. The van der Waals surface area contributed by atoms with E-state index in [0.717, 1.165) is 0 Å². The zero-order chi connectivity index (χ0) is 20.7. The molecule has 0 aromatic rings. The Bertz CT molecular complexity index is 154. The van der Waals surface area contributed by atoms with E-state index >= 15 is 0 Å². The van der Waals surface area contributed by atoms with Crippen LogP contribution in [0.1, 0.15) is 62.3 Å². The SMILES string of the molecule is CC[NH+](CC)CC.CC[NH+](CC)CC.CC[NH+](CC)CC.[O-]P([O-])[O-]. The fourth-order valence-corrected chi connectivity index (χ4v) is 2.25. The summed E-state index contributed by atoms with van der Waals surface area (Å²) in [5, 5.41) is 0. The second-order valence-electron chi connectivity index (χ2n) is 5.66. The van der Waals surface area contributed by atoms with E-state index < -0.39 is 8.60 Å². The van der Waals surface area contributed by atoms with Crippen molar-refractivity contribution in [2.45, 2.75) is 62.3 Å². The standard InChI is InChI=1S/3C6H15N.O3P/c3*1-4-7(5-2)6-3;1-4(2)3/h3*4-6H2,1-3H3;/q;;;-3/p+3. The van der Waals surface area contributed by atoms with E-state index in [1.165, 1.54) is 58.9 Å². The van der Waals surface area contributed by atoms with Crippen molar-refractivity contribution in [2.24, 2.45) is 0 Å². The van der Waals surface area contributed by atoms with E-state index in [-0.39, 0.29) is 0 Å². The monoisotopic (exact) mass is 385 g/mol. The predicted octanol–water partition coefficient (Wildman–Crippen LogP) is -2.91. The molecule has 0 atom stereocenters. The molecule has 6 nitrogen and oxygen atoms in total. The van der Waals surface area contributed by atoms with Crippen LogP contribution in [0.5, 0.6) is 0 Å². The normalized spacial score (nSPS) is 10.1. The number of hydrogen-bond acceptors (Lipinski definition) is 3. The zero-order valence-corrected chi connectivity index (χ0v) is 19.4. The Morgan fingerprint density at radius 3 is 0.480 bits per heavy atom. The van der Waals surface area contributed by atoms with Gasteiger partial charge in [0.1, 0.15) is 0 Å². The van der Waals surface area contributed by atoms with Gasteiger partial charge in [0.05, 0.1) is 58.9 Å². The van der Waals surface area contributed by atoms with Gasteiger partial charge >= 0.3 is 0 Å². The fourth-order valence-electron chi connectivity index (χ4n) is 2.25. The van der Waals surface area contributed by atoms with Crippen molar-refractivity contribution in [3.8, 4) is 0 Å². The fraction of sp³-hybridized carbons (Fsp3) is 1.00. The van der Waals surface area contributed by atoms with Crippen molar-refractivity contribution in [3.63, 3.8) is 0 Å². The van der Waals surface area contributed by atoms with Crippen molar-refractivity contribution >= 4 is 8.60 Å². The molecule has 0 heterocycles. The lowest BCUT2D eigenvalue weighted by atomic mass is 10.5. The van der Waals surface area contributed by atoms with Gasteiger partial charge in [-0.3, -0.25) is 0 Å². The van der Waals surface area contributed by atoms with Crippen molar-refractivity contribution in [3.05, 3.63) is 0 Å². The van der Waals surface area contributed by atoms with Crippen LogP contribution in [0.4, 0.5) is 0 Å². The van der Waals surface area contributed by atoms with Gasteiger partial charge in [-0.2, -0.15) is 0 Å². The molecule has 0 aromatic heterocycles. The molecule has 0 fully saturated rings. The Balaban J connectivity index is -0.000000120. The van der Waals surface area contributed by atoms with E-state index in [1.54, 1.807) is 14.7 Å². The molecule has 0 spiro atoms. The van der Waals surface area contributed by atoms with Crippen LogP contribution in [0, 0.1) is 0 Å². The maximum Gasteiger partial charge on any atom is 0.0742 e. The molecule has 0 unspecified atom stereocenters. The summed E-state index contributed by atoms with van der Waals surface area (Å²) in [6.07, 6.45) is 0. The lowest BCUT2D eigenvalue weighted by Crippen LogP contribution is -3.11. The van der Waals surface area contributed by atoms with Gasteiger partial charge in [0.25, 0.3) is 0 Å². The van der Waals surface area contributed by atoms with Crippen molar-refractivity contribution < 1.29 is 29.4 Å². The van der Waals surface area contributed by atoms with Crippen LogP contribution in [0.2, 0.25) is 0 Å². The molecule has 0 aliphatic heterocycles. The quantitative estimate of drug-likeness (QED) is 0.372. The van der Waals surface area contributed by atoms with Crippen LogP contribution in [-0.4, -0.2) is 58.9 Å². The van der Waals surface area contributed by atoms with Crippen molar-refractivity contribution in [1.29, 1.82) is 0 Å². The van der Waals surface area contributed by atoms with Crippen LogP contribution in [0.25, 0.3) is 0 Å². The lowest BCUT2D eigenvalue weighted by Gasteiger charge is -2.39. The number of hydrogen-bond donors (Lipinski definition) is 3. The summed E-state index contributed by atoms with van der Waals surface area (Å²) >= 11 is 0. The highest BCUT2D eigenvalue weighted by Gasteiger charge is 1.94. The van der Waals surface area contributed by atoms with E-state index in [2.05, 4.69) is 62.3 Å². The van der Waals surface area contributed by atoms with Gasteiger partial charge in [-0.05, 0) is 62.3 Å². The van der Waals surface area contributed by atoms with E-state index in [0.29, 0.717) is 0 Å². The lowest BCUT2D eigenvalue weighted by molar-refractivity contribution is -0.894. The summed E-state index contributed by atoms with van der Waals surface area (Å²) in [6.45, 7) is 31.5. The Kier molecular flexibility index (Phi) is 38.0. The van der Waals surface area contributed by atoms with Crippen molar-refractivity contribution in [1.82, 2.24) is 0 Å². The third-order valence-electron chi connectivity index (χ3n) is 4.50. The molecule has 0 aliphatic rings. The topological polar surface area (TPSA) is 82.5 Å². The maximum absolute atomic E-state index is 8.48. The van der Waals surface area contributed by atoms with Crippen LogP contribution in [0.15, 0.2) is 0 Å². The second kappa shape index (κ2) is 29.0. The van der Waals surface area contributed by atoms with Crippen molar-refractivity contribution in [2.75, 3.05) is 58.9 Å². The number of quaternary nitrogens is 3. The molecule has 0 rings (SSSR count). The molecular formula is C18H48N3O3P. The molecule has 3 N–H and O–H groups in total. The molecule has 0 saturated carbocycles. The zero-order valence-electron chi connectivity index (χ0n) is 18.5. The molecule has 7 heteroatoms. The smallest absolute Gasteiger partial charge is 0.0742 e. The Morgan fingerprint density at radius 2 is 0.480 bits per heavy atom. The van der Waals surface area contributed by atoms with Crippen LogP contribution < -0.4 is 29.4 Å². The van der Waals surface area contributed by atoms with Gasteiger partial charge < -0.3 is 38.0 Å². The number of rotatable bonds is 9. The van der Waals surface area contributed by atoms with Crippen LogP contribution >= 0.6 is 8.60 Å². The Labute approximate surface area is 159 Å². The Hall–Kier alpha value is 0.190. The average molecular weight is 386 g/mol. The largest absolute Gasteiger partial charge is 0.854 e. The summed E-state index contributed by atoms with van der Waals surface area (Å²) in [5.74, 6) is 0. The van der Waals surface area contributed by atoms with E-state index in [4.69, 9.17) is 14.7 Å². The van der Waals surface area contributed by atoms with Gasteiger partial charge in [0.15, 0.2) is 0 Å². The third kappa shape index (κ3) is 36.0. The highest BCUT2D eigenvalue weighted by Crippen LogP contribution is 1.85. The second-order valence-corrected chi connectivity index (χ2v) is 6.10. The summed E-state index contributed by atoms with van der Waals surface area (Å²) < 4.78 is 0. The molecule has 0 amide bonds. The maximum atomic E-state index is 8.48. The van der Waals surface area contributed by atoms with Gasteiger partial charge in [-0.25, -0.2) is 0 Å². The molecule has 0 bridgehead atoms. The van der Waals surface area contributed by atoms with Gasteiger partial charge in [-0.15, -0.1) is 0 Å². The van der Waals surface area contributed by atoms with Gasteiger partial charge in [0, 0.05) is 0 Å². The van der Waals surface area contributed by atoms with Gasteiger partial charge in [-0.1, -0.05) is 0 Å². The molecule has 158 valence electrons. The summed E-state index contributed by atoms with van der Waals surface area (Å²) in [6, 6.07) is 0. The molecular weight excluding hydrogens is 337 g/mol. The highest BCUT2D eigenvalue weighted by atomic mass is 31.2. The minimum Gasteiger partial charge on any atom is -0.854 e. The minimum atomic E-state index is -3.37. The van der Waals surface area contributed by atoms with Crippen LogP contribution in [-0.2, 0) is 0 Å². The molecule has 0 aromatic carbocycles. The first-order valence-corrected chi connectivity index (χ1v) is 11.2. The predicted molar refractivity (Wildman–Crippen MR) is 105 cm³/mol. The first kappa shape index (κ1) is 32.8. The van der Waals surface area contributed by atoms with E-state index in [9.17, 15) is 0 Å². The average Bonchev–Trinajstić information content (AvgIpc) is 2.60.